The van der Waals surface area contributed by atoms with E-state index < -0.39 is 0 Å². The molecule has 5 rings (SSSR count). The fraction of sp³-hybridized carbons (Fsp3) is 0.654. The van der Waals surface area contributed by atoms with Gasteiger partial charge < -0.3 is 24.4 Å². The lowest BCUT2D eigenvalue weighted by Gasteiger charge is -2.40. The molecule has 3 fully saturated rings. The normalized spacial score (nSPS) is 22.1. The minimum Gasteiger partial charge on any atom is -0.378 e. The van der Waals surface area contributed by atoms with E-state index in [2.05, 4.69) is 29.8 Å². The van der Waals surface area contributed by atoms with E-state index in [0.717, 1.165) is 17.6 Å². The molecule has 1 aliphatic carbocycles. The predicted octanol–water partition coefficient (Wildman–Crippen LogP) is 3.23. The van der Waals surface area contributed by atoms with Gasteiger partial charge in [0.1, 0.15) is 0 Å². The monoisotopic (exact) mass is 539 g/mol. The molecule has 3 heterocycles. The van der Waals surface area contributed by atoms with Crippen LogP contribution in [0.3, 0.4) is 0 Å². The fourth-order valence-electron chi connectivity index (χ4n) is 5.29. The molecule has 2 saturated heterocycles. The highest BCUT2D eigenvalue weighted by molar-refractivity contribution is 5.95. The van der Waals surface area contributed by atoms with Gasteiger partial charge in [0, 0.05) is 45.3 Å². The number of fused-ring (bicyclic) bond motifs is 1. The average Bonchev–Trinajstić information content (AvgIpc) is 3.61. The number of morpholine rings is 1. The van der Waals surface area contributed by atoms with Crippen molar-refractivity contribution in [3.05, 3.63) is 30.1 Å². The van der Waals surface area contributed by atoms with Gasteiger partial charge in [-0.15, -0.1) is 24.8 Å². The number of ether oxygens (including phenoxy) is 1. The summed E-state index contributed by atoms with van der Waals surface area (Å²) < 4.78 is 7.55. The first kappa shape index (κ1) is 28.7. The highest BCUT2D eigenvalue weighted by Gasteiger charge is 2.37. The Hall–Kier alpha value is -1.87. The Kier molecular flexibility index (Phi) is 10.0. The maximum absolute atomic E-state index is 14.1. The molecule has 0 spiro atoms. The first-order valence-electron chi connectivity index (χ1n) is 12.8. The highest BCUT2D eigenvalue weighted by Crippen LogP contribution is 2.33. The van der Waals surface area contributed by atoms with Gasteiger partial charge in [0.15, 0.2) is 5.82 Å². The lowest BCUT2D eigenvalue weighted by atomic mass is 9.92. The number of carbonyl (C=O) groups is 2. The van der Waals surface area contributed by atoms with Gasteiger partial charge in [-0.25, -0.2) is 4.98 Å². The number of rotatable bonds is 7. The number of hydrogen-bond acceptors (Lipinski definition) is 5. The van der Waals surface area contributed by atoms with Crippen LogP contribution in [-0.2, 0) is 16.1 Å². The number of amides is 2. The Balaban J connectivity index is 0.00000180. The van der Waals surface area contributed by atoms with Gasteiger partial charge in [0.2, 0.25) is 5.91 Å². The number of carbonyl (C=O) groups excluding carboxylic acids is 2. The number of nitrogens with one attached hydrogen (secondary N) is 1. The molecule has 2 atom stereocenters. The van der Waals surface area contributed by atoms with Gasteiger partial charge in [-0.2, -0.15) is 0 Å². The smallest absolute Gasteiger partial charge is 0.290 e. The number of halogens is 2. The van der Waals surface area contributed by atoms with Crippen molar-refractivity contribution in [3.63, 3.8) is 0 Å². The largest absolute Gasteiger partial charge is 0.378 e. The van der Waals surface area contributed by atoms with Gasteiger partial charge in [-0.1, -0.05) is 26.0 Å². The number of imidazole rings is 1. The van der Waals surface area contributed by atoms with Crippen LogP contribution >= 0.6 is 24.8 Å². The molecule has 1 N–H and O–H groups in total. The molecule has 2 aromatic rings. The van der Waals surface area contributed by atoms with E-state index in [9.17, 15) is 9.59 Å². The van der Waals surface area contributed by atoms with Crippen LogP contribution in [0.5, 0.6) is 0 Å². The summed E-state index contributed by atoms with van der Waals surface area (Å²) >= 11 is 0. The van der Waals surface area contributed by atoms with Crippen LogP contribution in [0.1, 0.15) is 43.7 Å². The molecule has 0 unspecified atom stereocenters. The zero-order chi connectivity index (χ0) is 23.7. The number of para-hydroxylation sites is 2. The van der Waals surface area contributed by atoms with E-state index >= 15 is 0 Å². The maximum Gasteiger partial charge on any atom is 0.290 e. The van der Waals surface area contributed by atoms with Crippen LogP contribution in [0.2, 0.25) is 0 Å². The van der Waals surface area contributed by atoms with Crippen LogP contribution in [0, 0.1) is 17.8 Å². The van der Waals surface area contributed by atoms with Crippen molar-refractivity contribution in [2.45, 2.75) is 45.7 Å². The third-order valence-electron chi connectivity index (χ3n) is 7.25. The van der Waals surface area contributed by atoms with Crippen LogP contribution in [-0.4, -0.2) is 83.1 Å². The Morgan fingerprint density at radius 1 is 1.14 bits per heavy atom. The topological polar surface area (TPSA) is 79.7 Å². The second kappa shape index (κ2) is 12.6. The fourth-order valence-corrected chi connectivity index (χ4v) is 5.29. The minimum absolute atomic E-state index is 0. The van der Waals surface area contributed by atoms with E-state index in [0.29, 0.717) is 70.0 Å². The number of aromatic nitrogens is 2. The van der Waals surface area contributed by atoms with Crippen molar-refractivity contribution in [1.82, 2.24) is 24.7 Å². The van der Waals surface area contributed by atoms with Crippen LogP contribution < -0.4 is 5.32 Å². The first-order chi connectivity index (χ1) is 16.5. The van der Waals surface area contributed by atoms with E-state index in [1.807, 2.05) is 28.0 Å². The van der Waals surface area contributed by atoms with Gasteiger partial charge >= 0.3 is 0 Å². The molecule has 1 saturated carbocycles. The number of hydrogen-bond donors (Lipinski definition) is 1. The number of piperidine rings is 1. The Labute approximate surface area is 225 Å². The van der Waals surface area contributed by atoms with E-state index in [1.54, 1.807) is 0 Å². The molecule has 36 heavy (non-hydrogen) atoms. The quantitative estimate of drug-likeness (QED) is 0.584. The van der Waals surface area contributed by atoms with E-state index in [4.69, 9.17) is 9.72 Å². The molecule has 3 aliphatic rings. The third kappa shape index (κ3) is 6.33. The van der Waals surface area contributed by atoms with Gasteiger partial charge in [-0.3, -0.25) is 9.59 Å². The molecular formula is C26H39Cl2N5O3. The molecule has 1 aromatic carbocycles. The molecular weight excluding hydrogens is 501 g/mol. The van der Waals surface area contributed by atoms with Crippen molar-refractivity contribution in [2.75, 3.05) is 45.9 Å². The van der Waals surface area contributed by atoms with Crippen molar-refractivity contribution in [3.8, 4) is 0 Å². The number of nitrogens with zero attached hydrogens (tertiary/aromatic N) is 4. The van der Waals surface area contributed by atoms with Crippen molar-refractivity contribution in [2.24, 2.45) is 17.8 Å². The maximum atomic E-state index is 14.1. The van der Waals surface area contributed by atoms with Gasteiger partial charge in [0.05, 0.1) is 30.2 Å². The first-order valence-corrected chi connectivity index (χ1v) is 12.8. The lowest BCUT2D eigenvalue weighted by molar-refractivity contribution is -0.140. The summed E-state index contributed by atoms with van der Waals surface area (Å²) in [6, 6.07) is 8.01. The zero-order valence-electron chi connectivity index (χ0n) is 21.2. The summed E-state index contributed by atoms with van der Waals surface area (Å²) in [5, 5.41) is 3.45. The summed E-state index contributed by atoms with van der Waals surface area (Å²) in [5.41, 5.74) is 1.91. The molecule has 8 nitrogen and oxygen atoms in total. The lowest BCUT2D eigenvalue weighted by Crippen LogP contribution is -2.56. The zero-order valence-corrected chi connectivity index (χ0v) is 22.9. The van der Waals surface area contributed by atoms with E-state index in [-0.39, 0.29) is 48.6 Å². The van der Waals surface area contributed by atoms with E-state index in [1.165, 1.54) is 12.8 Å². The highest BCUT2D eigenvalue weighted by atomic mass is 35.5. The predicted molar refractivity (Wildman–Crippen MR) is 145 cm³/mol. The van der Waals surface area contributed by atoms with Crippen molar-refractivity contribution >= 4 is 47.7 Å². The summed E-state index contributed by atoms with van der Waals surface area (Å²) in [6.45, 7) is 9.65. The molecule has 200 valence electrons. The summed E-state index contributed by atoms with van der Waals surface area (Å²) in [4.78, 5) is 36.0. The van der Waals surface area contributed by atoms with Gasteiger partial charge in [-0.05, 0) is 43.2 Å². The van der Waals surface area contributed by atoms with Crippen molar-refractivity contribution < 1.29 is 14.3 Å². The minimum atomic E-state index is -0.121. The standard InChI is InChI=1S/C26H37N5O3.2ClH/c1-18(2)16-30(21-13-20(14-27-15-21)25(32)29-9-11-34-12-10-29)26(33)24-28-22-5-3-4-6-23(22)31(24)17-19-7-8-19;;/h3-6,18-21,27H,7-17H2,1-2H3;2*1H/t20-,21+;;/m1../s1. The molecule has 0 bridgehead atoms. The van der Waals surface area contributed by atoms with Crippen LogP contribution in [0.4, 0.5) is 0 Å². The molecule has 2 aliphatic heterocycles. The summed E-state index contributed by atoms with van der Waals surface area (Å²) in [7, 11) is 0. The number of benzene rings is 1. The summed E-state index contributed by atoms with van der Waals surface area (Å²) in [5.74, 6) is 1.53. The molecule has 10 heteroatoms. The van der Waals surface area contributed by atoms with Crippen LogP contribution in [0.15, 0.2) is 24.3 Å². The molecule has 0 radical (unpaired) electrons. The molecule has 2 amide bonds. The van der Waals surface area contributed by atoms with Crippen molar-refractivity contribution in [1.29, 1.82) is 0 Å². The summed E-state index contributed by atoms with van der Waals surface area (Å²) in [6.07, 6.45) is 3.12. The van der Waals surface area contributed by atoms with Crippen LogP contribution in [0.25, 0.3) is 11.0 Å². The van der Waals surface area contributed by atoms with Gasteiger partial charge in [0.25, 0.3) is 5.91 Å². The average molecular weight is 541 g/mol. The Morgan fingerprint density at radius 2 is 1.86 bits per heavy atom. The third-order valence-corrected chi connectivity index (χ3v) is 7.25. The Morgan fingerprint density at radius 3 is 2.56 bits per heavy atom. The molecule has 1 aromatic heterocycles. The Bertz CT molecular complexity index is 1040. The second-order valence-corrected chi connectivity index (χ2v) is 10.5. The second-order valence-electron chi connectivity index (χ2n) is 10.5. The SMILES string of the molecule is CC(C)CN(C(=O)c1nc2ccccc2n1CC1CC1)[C@@H]1CNC[C@H](C(=O)N2CCOCC2)C1.Cl.Cl.